The Morgan fingerprint density at radius 1 is 1.24 bits per heavy atom. The van der Waals surface area contributed by atoms with Crippen LogP contribution in [0.5, 0.6) is 0 Å². The second kappa shape index (κ2) is 10.6. The van der Waals surface area contributed by atoms with Crippen molar-refractivity contribution in [3.63, 3.8) is 0 Å². The van der Waals surface area contributed by atoms with Gasteiger partial charge < -0.3 is 20.4 Å². The Kier molecular flexibility index (Phi) is 8.04. The molecule has 0 radical (unpaired) electrons. The number of hydrogen-bond donors (Lipinski definition) is 3. The Labute approximate surface area is 152 Å². The fourth-order valence-corrected chi connectivity index (χ4v) is 3.15. The van der Waals surface area contributed by atoms with Gasteiger partial charge in [0.1, 0.15) is 0 Å². The molecule has 6 nitrogen and oxygen atoms in total. The van der Waals surface area contributed by atoms with E-state index >= 15 is 0 Å². The first-order chi connectivity index (χ1) is 12.2. The largest absolute Gasteiger partial charge is 0.459 e. The molecule has 0 saturated carbocycles. The van der Waals surface area contributed by atoms with Crippen molar-refractivity contribution in [2.24, 2.45) is 10.9 Å². The van der Waals surface area contributed by atoms with E-state index in [0.29, 0.717) is 24.8 Å². The third kappa shape index (κ3) is 7.01. The lowest BCUT2D eigenvalue weighted by atomic mass is 10.1. The zero-order valence-electron chi connectivity index (χ0n) is 14.7. The van der Waals surface area contributed by atoms with Gasteiger partial charge in [0.25, 0.3) is 5.91 Å². The first kappa shape index (κ1) is 19.1. The zero-order valence-corrected chi connectivity index (χ0v) is 15.6. The van der Waals surface area contributed by atoms with Crippen molar-refractivity contribution in [3.8, 4) is 0 Å². The standard InChI is InChI=1S/C18H26N4O2S/c1-3-19-18(22-13-14(2)12-15-6-5-11-25-15)21-9-8-20-17(23)16-7-4-10-24-16/h4-7,10-11,14H,3,8-9,12-13H2,1-2H3,(H,20,23)(H2,19,21,22). The lowest BCUT2D eigenvalue weighted by Crippen LogP contribution is -2.41. The minimum absolute atomic E-state index is 0.210. The highest BCUT2D eigenvalue weighted by Crippen LogP contribution is 2.14. The van der Waals surface area contributed by atoms with Gasteiger partial charge >= 0.3 is 0 Å². The Balaban J connectivity index is 1.70. The van der Waals surface area contributed by atoms with Crippen LogP contribution in [0.3, 0.4) is 0 Å². The van der Waals surface area contributed by atoms with Gasteiger partial charge in [-0.2, -0.15) is 0 Å². The summed E-state index contributed by atoms with van der Waals surface area (Å²) in [5, 5.41) is 11.4. The summed E-state index contributed by atoms with van der Waals surface area (Å²) < 4.78 is 5.05. The zero-order chi connectivity index (χ0) is 17.9. The maximum Gasteiger partial charge on any atom is 0.287 e. The van der Waals surface area contributed by atoms with Crippen LogP contribution < -0.4 is 16.0 Å². The Morgan fingerprint density at radius 3 is 2.76 bits per heavy atom. The van der Waals surface area contributed by atoms with Gasteiger partial charge in [-0.1, -0.05) is 13.0 Å². The van der Waals surface area contributed by atoms with E-state index in [4.69, 9.17) is 4.42 Å². The van der Waals surface area contributed by atoms with E-state index in [0.717, 1.165) is 25.5 Å². The molecule has 0 bridgehead atoms. The van der Waals surface area contributed by atoms with Crippen LogP contribution in [0.4, 0.5) is 0 Å². The van der Waals surface area contributed by atoms with Gasteiger partial charge in [-0.25, -0.2) is 0 Å². The number of nitrogens with zero attached hydrogens (tertiary/aromatic N) is 1. The van der Waals surface area contributed by atoms with Gasteiger partial charge in [0.2, 0.25) is 0 Å². The number of amides is 1. The second-order valence-corrected chi connectivity index (χ2v) is 6.80. The van der Waals surface area contributed by atoms with E-state index in [2.05, 4.69) is 45.4 Å². The lowest BCUT2D eigenvalue weighted by Gasteiger charge is -2.13. The number of rotatable bonds is 9. The number of nitrogens with one attached hydrogen (secondary N) is 3. The first-order valence-electron chi connectivity index (χ1n) is 8.55. The van der Waals surface area contributed by atoms with E-state index in [1.54, 1.807) is 23.5 Å². The molecule has 1 unspecified atom stereocenters. The van der Waals surface area contributed by atoms with Crippen molar-refractivity contribution in [2.45, 2.75) is 20.3 Å². The molecule has 3 N–H and O–H groups in total. The van der Waals surface area contributed by atoms with Crippen LogP contribution in [0, 0.1) is 5.92 Å². The number of thiophene rings is 1. The Bertz CT molecular complexity index is 638. The SMILES string of the molecule is CCNC(=NCC(C)Cc1cccs1)NCCNC(=O)c1ccco1. The van der Waals surface area contributed by atoms with Crippen LogP contribution >= 0.6 is 11.3 Å². The molecule has 1 amide bonds. The topological polar surface area (TPSA) is 78.7 Å². The summed E-state index contributed by atoms with van der Waals surface area (Å²) >= 11 is 1.79. The van der Waals surface area contributed by atoms with Crippen molar-refractivity contribution in [1.82, 2.24) is 16.0 Å². The number of hydrogen-bond acceptors (Lipinski definition) is 4. The molecule has 2 aromatic rings. The van der Waals surface area contributed by atoms with Crippen LogP contribution in [-0.2, 0) is 6.42 Å². The van der Waals surface area contributed by atoms with E-state index in [1.807, 2.05) is 6.92 Å². The second-order valence-electron chi connectivity index (χ2n) is 5.77. The number of furan rings is 1. The summed E-state index contributed by atoms with van der Waals surface area (Å²) in [6.07, 6.45) is 2.53. The van der Waals surface area contributed by atoms with Gasteiger partial charge in [0.15, 0.2) is 11.7 Å². The van der Waals surface area contributed by atoms with Crippen molar-refractivity contribution in [3.05, 3.63) is 46.5 Å². The molecule has 0 spiro atoms. The first-order valence-corrected chi connectivity index (χ1v) is 9.43. The van der Waals surface area contributed by atoms with Crippen LogP contribution in [0.1, 0.15) is 29.3 Å². The maximum absolute atomic E-state index is 11.8. The van der Waals surface area contributed by atoms with Crippen LogP contribution in [0.15, 0.2) is 45.3 Å². The predicted octanol–water partition coefficient (Wildman–Crippen LogP) is 2.50. The molecule has 0 aliphatic heterocycles. The van der Waals surface area contributed by atoms with Crippen molar-refractivity contribution in [1.29, 1.82) is 0 Å². The average Bonchev–Trinajstić information content (AvgIpc) is 3.29. The molecular weight excluding hydrogens is 336 g/mol. The fraction of sp³-hybridized carbons (Fsp3) is 0.444. The van der Waals surface area contributed by atoms with Gasteiger partial charge in [-0.05, 0) is 42.8 Å². The molecule has 0 saturated heterocycles. The highest BCUT2D eigenvalue weighted by Gasteiger charge is 2.07. The predicted molar refractivity (Wildman–Crippen MR) is 102 cm³/mol. The van der Waals surface area contributed by atoms with Crippen molar-refractivity contribution < 1.29 is 9.21 Å². The number of carbonyl (C=O) groups is 1. The van der Waals surface area contributed by atoms with Crippen molar-refractivity contribution >= 4 is 23.2 Å². The van der Waals surface area contributed by atoms with E-state index in [9.17, 15) is 4.79 Å². The van der Waals surface area contributed by atoms with Gasteiger partial charge in [0.05, 0.1) is 6.26 Å². The molecule has 0 aliphatic carbocycles. The molecule has 0 fully saturated rings. The minimum atomic E-state index is -0.210. The molecule has 2 rings (SSSR count). The highest BCUT2D eigenvalue weighted by atomic mass is 32.1. The molecule has 136 valence electrons. The molecule has 2 aromatic heterocycles. The van der Waals surface area contributed by atoms with Gasteiger partial charge in [-0.3, -0.25) is 9.79 Å². The monoisotopic (exact) mass is 362 g/mol. The third-order valence-corrected chi connectivity index (χ3v) is 4.38. The minimum Gasteiger partial charge on any atom is -0.459 e. The quantitative estimate of drug-likeness (QED) is 0.364. The molecule has 2 heterocycles. The summed E-state index contributed by atoms with van der Waals surface area (Å²) in [6.45, 7) is 6.88. The summed E-state index contributed by atoms with van der Waals surface area (Å²) in [5.74, 6) is 1.36. The summed E-state index contributed by atoms with van der Waals surface area (Å²) in [6, 6.07) is 7.58. The third-order valence-electron chi connectivity index (χ3n) is 3.48. The van der Waals surface area contributed by atoms with Crippen LogP contribution in [0.25, 0.3) is 0 Å². The Morgan fingerprint density at radius 2 is 2.08 bits per heavy atom. The molecule has 1 atom stereocenters. The molecule has 0 aromatic carbocycles. The van der Waals surface area contributed by atoms with E-state index in [1.165, 1.54) is 11.1 Å². The molecule has 0 aliphatic rings. The summed E-state index contributed by atoms with van der Waals surface area (Å²) in [5.41, 5.74) is 0. The lowest BCUT2D eigenvalue weighted by molar-refractivity contribution is 0.0926. The number of aliphatic imine (C=N–C) groups is 1. The Hall–Kier alpha value is -2.28. The van der Waals surface area contributed by atoms with E-state index < -0.39 is 0 Å². The smallest absolute Gasteiger partial charge is 0.287 e. The fourth-order valence-electron chi connectivity index (χ4n) is 2.28. The normalized spacial score (nSPS) is 12.6. The van der Waals surface area contributed by atoms with Gasteiger partial charge in [-0.15, -0.1) is 11.3 Å². The highest BCUT2D eigenvalue weighted by molar-refractivity contribution is 7.09. The van der Waals surface area contributed by atoms with E-state index in [-0.39, 0.29) is 5.91 Å². The molecular formula is C18H26N4O2S. The van der Waals surface area contributed by atoms with Crippen LogP contribution in [0.2, 0.25) is 0 Å². The molecule has 7 heteroatoms. The molecule has 25 heavy (non-hydrogen) atoms. The van der Waals surface area contributed by atoms with Crippen LogP contribution in [-0.4, -0.2) is 38.0 Å². The summed E-state index contributed by atoms with van der Waals surface area (Å²) in [4.78, 5) is 17.8. The summed E-state index contributed by atoms with van der Waals surface area (Å²) in [7, 11) is 0. The maximum atomic E-state index is 11.8. The van der Waals surface area contributed by atoms with Crippen molar-refractivity contribution in [2.75, 3.05) is 26.2 Å². The number of carbonyl (C=O) groups excluding carboxylic acids is 1. The van der Waals surface area contributed by atoms with Gasteiger partial charge in [0, 0.05) is 31.1 Å². The average molecular weight is 362 g/mol. The number of guanidine groups is 1.